The van der Waals surface area contributed by atoms with Gasteiger partial charge >= 0.3 is 6.61 Å². The van der Waals surface area contributed by atoms with Gasteiger partial charge in [0.2, 0.25) is 5.88 Å². The molecule has 1 aromatic rings. The molecule has 0 saturated heterocycles. The number of alkyl halides is 2. The molecule has 0 radical (unpaired) electrons. The molecule has 0 atom stereocenters. The highest BCUT2D eigenvalue weighted by Crippen LogP contribution is 2.25. The van der Waals surface area contributed by atoms with Gasteiger partial charge in [-0.25, -0.2) is 4.98 Å². The van der Waals surface area contributed by atoms with Crippen LogP contribution in [-0.2, 0) is 0 Å². The van der Waals surface area contributed by atoms with Crippen LogP contribution in [0.3, 0.4) is 0 Å². The average Bonchev–Trinajstić information content (AvgIpc) is 2.08. The maximum Gasteiger partial charge on any atom is 0.388 e. The maximum atomic E-state index is 11.8. The fraction of sp³-hybridized carbons (Fsp3) is 0.375. The van der Waals surface area contributed by atoms with Gasteiger partial charge in [0.25, 0.3) is 0 Å². The molecule has 5 heteroatoms. The molecular formula is C8H9F2NO2. The fourth-order valence-electron chi connectivity index (χ4n) is 0.924. The van der Waals surface area contributed by atoms with E-state index in [0.29, 0.717) is 11.3 Å². The standard InChI is InChI=1S/C8H9F2NO2/c1-5-6(12-2)3-4-11-7(5)13-8(9)10/h3-4,8H,1-2H3. The number of rotatable bonds is 3. The summed E-state index contributed by atoms with van der Waals surface area (Å²) >= 11 is 0. The highest BCUT2D eigenvalue weighted by Gasteiger charge is 2.11. The second kappa shape index (κ2) is 4.02. The van der Waals surface area contributed by atoms with E-state index in [4.69, 9.17) is 4.74 Å². The molecule has 0 saturated carbocycles. The van der Waals surface area contributed by atoms with Gasteiger partial charge in [-0.3, -0.25) is 0 Å². The quantitative estimate of drug-likeness (QED) is 0.728. The van der Waals surface area contributed by atoms with Crippen LogP contribution in [0, 0.1) is 6.92 Å². The summed E-state index contributed by atoms with van der Waals surface area (Å²) in [7, 11) is 1.45. The molecule has 0 aromatic carbocycles. The number of methoxy groups -OCH3 is 1. The van der Waals surface area contributed by atoms with Crippen molar-refractivity contribution >= 4 is 0 Å². The van der Waals surface area contributed by atoms with E-state index in [1.807, 2.05) is 0 Å². The molecular weight excluding hydrogens is 180 g/mol. The summed E-state index contributed by atoms with van der Waals surface area (Å²) in [5.41, 5.74) is 0.463. The fourth-order valence-corrected chi connectivity index (χ4v) is 0.924. The van der Waals surface area contributed by atoms with Crippen LogP contribution in [-0.4, -0.2) is 18.7 Å². The molecule has 1 aromatic heterocycles. The summed E-state index contributed by atoms with van der Waals surface area (Å²) in [6, 6.07) is 1.58. The van der Waals surface area contributed by atoms with Gasteiger partial charge in [0, 0.05) is 6.20 Å². The van der Waals surface area contributed by atoms with Crippen molar-refractivity contribution in [3.05, 3.63) is 17.8 Å². The van der Waals surface area contributed by atoms with E-state index in [9.17, 15) is 8.78 Å². The van der Waals surface area contributed by atoms with Crippen LogP contribution in [0.4, 0.5) is 8.78 Å². The molecule has 0 N–H and O–H groups in total. The zero-order valence-electron chi connectivity index (χ0n) is 7.25. The molecule has 1 rings (SSSR count). The number of aromatic nitrogens is 1. The van der Waals surface area contributed by atoms with Crippen LogP contribution in [0.5, 0.6) is 11.6 Å². The van der Waals surface area contributed by atoms with E-state index < -0.39 is 6.61 Å². The van der Waals surface area contributed by atoms with Gasteiger partial charge in [-0.1, -0.05) is 0 Å². The van der Waals surface area contributed by atoms with Crippen LogP contribution in [0.15, 0.2) is 12.3 Å². The van der Waals surface area contributed by atoms with Gasteiger partial charge < -0.3 is 9.47 Å². The lowest BCUT2D eigenvalue weighted by atomic mass is 10.3. The molecule has 0 aliphatic heterocycles. The first kappa shape index (κ1) is 9.70. The second-order valence-electron chi connectivity index (χ2n) is 2.32. The van der Waals surface area contributed by atoms with Crippen LogP contribution >= 0.6 is 0 Å². The smallest absolute Gasteiger partial charge is 0.388 e. The second-order valence-corrected chi connectivity index (χ2v) is 2.32. The number of hydrogen-bond acceptors (Lipinski definition) is 3. The van der Waals surface area contributed by atoms with Crippen molar-refractivity contribution in [2.45, 2.75) is 13.5 Å². The van der Waals surface area contributed by atoms with Crippen molar-refractivity contribution in [3.63, 3.8) is 0 Å². The third-order valence-corrected chi connectivity index (χ3v) is 1.53. The lowest BCUT2D eigenvalue weighted by molar-refractivity contribution is -0.0534. The van der Waals surface area contributed by atoms with E-state index in [0.717, 1.165) is 0 Å². The molecule has 0 aliphatic carbocycles. The van der Waals surface area contributed by atoms with Crippen molar-refractivity contribution in [1.82, 2.24) is 4.98 Å². The minimum Gasteiger partial charge on any atom is -0.496 e. The Hall–Kier alpha value is -1.39. The lowest BCUT2D eigenvalue weighted by Gasteiger charge is -2.09. The molecule has 0 bridgehead atoms. The first-order valence-electron chi connectivity index (χ1n) is 3.59. The summed E-state index contributed by atoms with van der Waals surface area (Å²) in [4.78, 5) is 3.64. The van der Waals surface area contributed by atoms with Crippen LogP contribution in [0.1, 0.15) is 5.56 Å². The number of nitrogens with zero attached hydrogens (tertiary/aromatic N) is 1. The van der Waals surface area contributed by atoms with Gasteiger partial charge in [-0.15, -0.1) is 0 Å². The molecule has 3 nitrogen and oxygen atoms in total. The predicted molar refractivity (Wildman–Crippen MR) is 42.2 cm³/mol. The largest absolute Gasteiger partial charge is 0.496 e. The highest BCUT2D eigenvalue weighted by atomic mass is 19.3. The highest BCUT2D eigenvalue weighted by molar-refractivity contribution is 5.38. The van der Waals surface area contributed by atoms with Crippen molar-refractivity contribution in [1.29, 1.82) is 0 Å². The first-order valence-corrected chi connectivity index (χ1v) is 3.59. The molecule has 0 spiro atoms. The summed E-state index contributed by atoms with van der Waals surface area (Å²) in [5, 5.41) is 0. The zero-order chi connectivity index (χ0) is 9.84. The lowest BCUT2D eigenvalue weighted by Crippen LogP contribution is -2.05. The molecule has 0 unspecified atom stereocenters. The third-order valence-electron chi connectivity index (χ3n) is 1.53. The molecule has 0 amide bonds. The minimum absolute atomic E-state index is 0.102. The average molecular weight is 189 g/mol. The van der Waals surface area contributed by atoms with E-state index in [2.05, 4.69) is 9.72 Å². The van der Waals surface area contributed by atoms with E-state index in [1.54, 1.807) is 13.0 Å². The predicted octanol–water partition coefficient (Wildman–Crippen LogP) is 2.00. The number of pyridine rings is 1. The Morgan fingerprint density at radius 2 is 2.15 bits per heavy atom. The Bertz CT molecular complexity index is 291. The maximum absolute atomic E-state index is 11.8. The monoisotopic (exact) mass is 189 g/mol. The summed E-state index contributed by atoms with van der Waals surface area (Å²) in [6.07, 6.45) is 1.35. The third kappa shape index (κ3) is 2.27. The SMILES string of the molecule is COc1ccnc(OC(F)F)c1C. The molecule has 0 fully saturated rings. The van der Waals surface area contributed by atoms with Gasteiger partial charge in [0.1, 0.15) is 5.75 Å². The zero-order valence-corrected chi connectivity index (χ0v) is 7.25. The van der Waals surface area contributed by atoms with E-state index >= 15 is 0 Å². The molecule has 72 valence electrons. The molecule has 13 heavy (non-hydrogen) atoms. The first-order chi connectivity index (χ1) is 6.15. The Balaban J connectivity index is 2.94. The van der Waals surface area contributed by atoms with Gasteiger partial charge in [0.05, 0.1) is 12.7 Å². The van der Waals surface area contributed by atoms with Gasteiger partial charge in [-0.2, -0.15) is 8.78 Å². The number of halogens is 2. The summed E-state index contributed by atoms with van der Waals surface area (Å²) in [5.74, 6) is 0.375. The number of hydrogen-bond donors (Lipinski definition) is 0. The minimum atomic E-state index is -2.86. The van der Waals surface area contributed by atoms with E-state index in [-0.39, 0.29) is 5.88 Å². The van der Waals surface area contributed by atoms with Gasteiger partial charge in [0.15, 0.2) is 0 Å². The molecule has 0 aliphatic rings. The Morgan fingerprint density at radius 1 is 1.46 bits per heavy atom. The van der Waals surface area contributed by atoms with Crippen LogP contribution < -0.4 is 9.47 Å². The van der Waals surface area contributed by atoms with Crippen LogP contribution in [0.2, 0.25) is 0 Å². The van der Waals surface area contributed by atoms with Crippen molar-refractivity contribution in [2.75, 3.05) is 7.11 Å². The van der Waals surface area contributed by atoms with Crippen molar-refractivity contribution in [2.24, 2.45) is 0 Å². The van der Waals surface area contributed by atoms with Crippen LogP contribution in [0.25, 0.3) is 0 Å². The Kier molecular flexibility index (Phi) is 3.00. The Morgan fingerprint density at radius 3 is 2.69 bits per heavy atom. The molecule has 1 heterocycles. The van der Waals surface area contributed by atoms with Crippen molar-refractivity contribution in [3.8, 4) is 11.6 Å². The summed E-state index contributed by atoms with van der Waals surface area (Å²) < 4.78 is 32.7. The topological polar surface area (TPSA) is 31.4 Å². The number of ether oxygens (including phenoxy) is 2. The van der Waals surface area contributed by atoms with Gasteiger partial charge in [-0.05, 0) is 13.0 Å². The van der Waals surface area contributed by atoms with E-state index in [1.165, 1.54) is 13.3 Å². The summed E-state index contributed by atoms with van der Waals surface area (Å²) in [6.45, 7) is -1.26. The van der Waals surface area contributed by atoms with Crippen molar-refractivity contribution < 1.29 is 18.3 Å². The Labute approximate surface area is 74.3 Å². The normalized spacial score (nSPS) is 10.2.